The van der Waals surface area contributed by atoms with Crippen LogP contribution in [0, 0.1) is 10.1 Å². The van der Waals surface area contributed by atoms with Crippen molar-refractivity contribution in [3.8, 4) is 11.3 Å². The van der Waals surface area contributed by atoms with Crippen molar-refractivity contribution in [1.82, 2.24) is 4.98 Å². The van der Waals surface area contributed by atoms with Crippen molar-refractivity contribution in [1.29, 1.82) is 0 Å². The standard InChI is InChI=1S/C17H17N3O5/c1-2-25-16(21)9-8-14(19-22)13-10-15(20(23)24)17(18-11-13)12-6-4-3-5-7-12/h3-7,10-11,22H,2,8-9H2,1H3/b19-14-. The first-order chi connectivity index (χ1) is 12.1. The summed E-state index contributed by atoms with van der Waals surface area (Å²) in [5.74, 6) is -0.438. The number of hydrogen-bond donors (Lipinski definition) is 1. The number of ether oxygens (including phenoxy) is 1. The number of nitro groups is 1. The lowest BCUT2D eigenvalue weighted by Gasteiger charge is -2.07. The van der Waals surface area contributed by atoms with Crippen LogP contribution >= 0.6 is 0 Å². The molecule has 2 aromatic rings. The normalized spacial score (nSPS) is 11.2. The molecule has 8 heteroatoms. The summed E-state index contributed by atoms with van der Waals surface area (Å²) in [6.07, 6.45) is 1.47. The van der Waals surface area contributed by atoms with E-state index in [1.54, 1.807) is 37.3 Å². The number of oxime groups is 1. The minimum absolute atomic E-state index is 0.00146. The highest BCUT2D eigenvalue weighted by Crippen LogP contribution is 2.28. The van der Waals surface area contributed by atoms with E-state index in [2.05, 4.69) is 10.1 Å². The zero-order valence-corrected chi connectivity index (χ0v) is 13.6. The molecule has 1 aromatic heterocycles. The summed E-state index contributed by atoms with van der Waals surface area (Å²) < 4.78 is 4.81. The smallest absolute Gasteiger partial charge is 0.306 e. The quantitative estimate of drug-likeness (QED) is 0.271. The van der Waals surface area contributed by atoms with Crippen LogP contribution in [0.25, 0.3) is 11.3 Å². The van der Waals surface area contributed by atoms with E-state index in [1.165, 1.54) is 12.3 Å². The Morgan fingerprint density at radius 3 is 2.64 bits per heavy atom. The van der Waals surface area contributed by atoms with Crippen LogP contribution in [0.4, 0.5) is 5.69 Å². The van der Waals surface area contributed by atoms with Gasteiger partial charge in [0.1, 0.15) is 5.69 Å². The molecule has 0 spiro atoms. The Balaban J connectivity index is 2.31. The lowest BCUT2D eigenvalue weighted by Crippen LogP contribution is -2.10. The highest BCUT2D eigenvalue weighted by Gasteiger charge is 2.20. The number of esters is 1. The molecule has 1 N–H and O–H groups in total. The number of carbonyl (C=O) groups excluding carboxylic acids is 1. The number of benzene rings is 1. The molecule has 0 bridgehead atoms. The van der Waals surface area contributed by atoms with Gasteiger partial charge in [0.25, 0.3) is 5.69 Å². The van der Waals surface area contributed by atoms with Crippen LogP contribution in [0.15, 0.2) is 47.8 Å². The van der Waals surface area contributed by atoms with Crippen LogP contribution in [0.5, 0.6) is 0 Å². The fourth-order valence-electron chi connectivity index (χ4n) is 2.27. The van der Waals surface area contributed by atoms with Gasteiger partial charge in [-0.1, -0.05) is 35.5 Å². The molecule has 0 unspecified atom stereocenters. The van der Waals surface area contributed by atoms with Gasteiger partial charge in [0.2, 0.25) is 0 Å². The number of nitrogens with zero attached hydrogens (tertiary/aromatic N) is 3. The molecule has 2 rings (SSSR count). The van der Waals surface area contributed by atoms with Gasteiger partial charge in [0.15, 0.2) is 0 Å². The molecule has 0 radical (unpaired) electrons. The van der Waals surface area contributed by atoms with E-state index in [0.29, 0.717) is 5.56 Å². The van der Waals surface area contributed by atoms with Crippen LogP contribution in [-0.4, -0.2) is 33.4 Å². The van der Waals surface area contributed by atoms with Crippen LogP contribution in [0.2, 0.25) is 0 Å². The van der Waals surface area contributed by atoms with Gasteiger partial charge in [-0.3, -0.25) is 14.9 Å². The van der Waals surface area contributed by atoms with Crippen molar-refractivity contribution < 1.29 is 19.7 Å². The Morgan fingerprint density at radius 1 is 1.32 bits per heavy atom. The SMILES string of the molecule is CCOC(=O)CC/C(=N/O)c1cnc(-c2ccccc2)c([N+](=O)[O-])c1. The number of hydrogen-bond acceptors (Lipinski definition) is 7. The zero-order chi connectivity index (χ0) is 18.2. The topological polar surface area (TPSA) is 115 Å². The van der Waals surface area contributed by atoms with Crippen molar-refractivity contribution in [3.63, 3.8) is 0 Å². The third-order valence-corrected chi connectivity index (χ3v) is 3.44. The van der Waals surface area contributed by atoms with Gasteiger partial charge in [-0.15, -0.1) is 0 Å². The van der Waals surface area contributed by atoms with Gasteiger partial charge < -0.3 is 9.94 Å². The third-order valence-electron chi connectivity index (χ3n) is 3.44. The zero-order valence-electron chi connectivity index (χ0n) is 13.6. The molecular formula is C17H17N3O5. The van der Waals surface area contributed by atoms with Crippen molar-refractivity contribution in [2.45, 2.75) is 19.8 Å². The van der Waals surface area contributed by atoms with Gasteiger partial charge in [-0.25, -0.2) is 4.98 Å². The first-order valence-corrected chi connectivity index (χ1v) is 7.63. The fourth-order valence-corrected chi connectivity index (χ4v) is 2.27. The maximum Gasteiger partial charge on any atom is 0.306 e. The third kappa shape index (κ3) is 4.60. The first-order valence-electron chi connectivity index (χ1n) is 7.63. The number of aromatic nitrogens is 1. The average molecular weight is 343 g/mol. The highest BCUT2D eigenvalue weighted by atomic mass is 16.6. The number of carbonyl (C=O) groups is 1. The Labute approximate surface area is 143 Å². The summed E-state index contributed by atoms with van der Waals surface area (Å²) in [7, 11) is 0. The van der Waals surface area contributed by atoms with Crippen LogP contribution < -0.4 is 0 Å². The van der Waals surface area contributed by atoms with Gasteiger partial charge in [0.05, 0.1) is 23.7 Å². The van der Waals surface area contributed by atoms with E-state index in [4.69, 9.17) is 4.74 Å². The van der Waals surface area contributed by atoms with Gasteiger partial charge in [-0.2, -0.15) is 0 Å². The molecule has 0 aliphatic rings. The predicted octanol–water partition coefficient (Wildman–Crippen LogP) is 3.18. The molecule has 130 valence electrons. The second kappa shape index (κ2) is 8.53. The summed E-state index contributed by atoms with van der Waals surface area (Å²) in [5.41, 5.74) is 1.02. The van der Waals surface area contributed by atoms with Crippen LogP contribution in [0.3, 0.4) is 0 Å². The van der Waals surface area contributed by atoms with Crippen molar-refractivity contribution >= 4 is 17.4 Å². The van der Waals surface area contributed by atoms with Gasteiger partial charge in [-0.05, 0) is 6.92 Å². The molecule has 0 saturated carbocycles. The summed E-state index contributed by atoms with van der Waals surface area (Å²) in [6, 6.07) is 10.0. The molecule has 0 fully saturated rings. The molecule has 0 saturated heterocycles. The van der Waals surface area contributed by atoms with Crippen molar-refractivity contribution in [2.24, 2.45) is 5.16 Å². The lowest BCUT2D eigenvalue weighted by molar-refractivity contribution is -0.384. The molecule has 0 aliphatic heterocycles. The van der Waals surface area contributed by atoms with Crippen LogP contribution in [0.1, 0.15) is 25.3 Å². The predicted molar refractivity (Wildman–Crippen MR) is 90.5 cm³/mol. The fraction of sp³-hybridized carbons (Fsp3) is 0.235. The van der Waals surface area contributed by atoms with Crippen LogP contribution in [-0.2, 0) is 9.53 Å². The van der Waals surface area contributed by atoms with Gasteiger partial charge >= 0.3 is 5.97 Å². The van der Waals surface area contributed by atoms with Crippen molar-refractivity contribution in [3.05, 3.63) is 58.3 Å². The molecule has 1 aromatic carbocycles. The largest absolute Gasteiger partial charge is 0.466 e. The molecule has 0 aliphatic carbocycles. The first kappa shape index (κ1) is 18.1. The highest BCUT2D eigenvalue weighted by molar-refractivity contribution is 6.02. The maximum atomic E-state index is 11.4. The molecule has 8 nitrogen and oxygen atoms in total. The number of rotatable bonds is 7. The Kier molecular flexibility index (Phi) is 6.16. The lowest BCUT2D eigenvalue weighted by atomic mass is 10.0. The molecule has 0 amide bonds. The Morgan fingerprint density at radius 2 is 2.04 bits per heavy atom. The molecular weight excluding hydrogens is 326 g/mol. The van der Waals surface area contributed by atoms with E-state index in [1.807, 2.05) is 0 Å². The summed E-state index contributed by atoms with van der Waals surface area (Å²) in [5, 5.41) is 23.7. The van der Waals surface area contributed by atoms with E-state index in [0.717, 1.165) is 0 Å². The second-order valence-electron chi connectivity index (χ2n) is 5.07. The van der Waals surface area contributed by atoms with E-state index < -0.39 is 10.9 Å². The van der Waals surface area contributed by atoms with Gasteiger partial charge in [0, 0.05) is 29.8 Å². The van der Waals surface area contributed by atoms with E-state index >= 15 is 0 Å². The minimum Gasteiger partial charge on any atom is -0.466 e. The maximum absolute atomic E-state index is 11.4. The van der Waals surface area contributed by atoms with E-state index in [9.17, 15) is 20.1 Å². The Hall–Kier alpha value is -3.29. The number of pyridine rings is 1. The van der Waals surface area contributed by atoms with E-state index in [-0.39, 0.29) is 42.1 Å². The Bertz CT molecular complexity index is 790. The average Bonchev–Trinajstić information content (AvgIpc) is 2.63. The monoisotopic (exact) mass is 343 g/mol. The molecule has 1 heterocycles. The second-order valence-corrected chi connectivity index (χ2v) is 5.07. The van der Waals surface area contributed by atoms with Crippen molar-refractivity contribution in [2.75, 3.05) is 6.61 Å². The minimum atomic E-state index is -0.542. The summed E-state index contributed by atoms with van der Waals surface area (Å²) in [4.78, 5) is 26.4. The molecule has 25 heavy (non-hydrogen) atoms. The summed E-state index contributed by atoms with van der Waals surface area (Å²) >= 11 is 0. The molecule has 0 atom stereocenters. The summed E-state index contributed by atoms with van der Waals surface area (Å²) in [6.45, 7) is 1.94.